The second-order valence-corrected chi connectivity index (χ2v) is 10.4. The third kappa shape index (κ3) is 6.28. The number of thioether (sulfide) groups is 1. The Bertz CT molecular complexity index is 945. The van der Waals surface area contributed by atoms with Crippen molar-refractivity contribution >= 4 is 23.4 Å². The lowest BCUT2D eigenvalue weighted by Gasteiger charge is -2.35. The van der Waals surface area contributed by atoms with E-state index in [0.29, 0.717) is 12.5 Å². The minimum atomic E-state index is 0.252. The molecule has 0 bridgehead atoms. The van der Waals surface area contributed by atoms with Gasteiger partial charge in [-0.1, -0.05) is 37.5 Å². The summed E-state index contributed by atoms with van der Waals surface area (Å²) in [5, 5.41) is 0. The maximum Gasteiger partial charge on any atom is 0.228 e. The van der Waals surface area contributed by atoms with Crippen molar-refractivity contribution in [2.24, 2.45) is 0 Å². The van der Waals surface area contributed by atoms with E-state index in [9.17, 15) is 4.79 Å². The number of methoxy groups -OCH3 is 2. The van der Waals surface area contributed by atoms with E-state index in [-0.39, 0.29) is 5.91 Å². The van der Waals surface area contributed by atoms with Gasteiger partial charge in [-0.3, -0.25) is 9.69 Å². The molecule has 4 rings (SSSR count). The molecule has 1 amide bonds. The molecular formula is C28H38N2O3S. The molecule has 0 aromatic heterocycles. The standard InChI is InChI=1S/C28H38N2O3S/c1-32-25-14-13-22(21-26(25)33-2)15-18-29(23-9-4-3-5-10-23)19-16-28(31)30-17-8-20-34-27-12-7-6-11-24(27)30/h6-7,11-14,21,23H,3-5,8-10,15-20H2,1-2H3. The summed E-state index contributed by atoms with van der Waals surface area (Å²) < 4.78 is 10.9. The molecule has 0 radical (unpaired) electrons. The maximum absolute atomic E-state index is 13.4. The molecule has 34 heavy (non-hydrogen) atoms. The van der Waals surface area contributed by atoms with Crippen LogP contribution < -0.4 is 14.4 Å². The molecule has 6 heteroatoms. The highest BCUT2D eigenvalue weighted by atomic mass is 32.2. The molecule has 5 nitrogen and oxygen atoms in total. The Balaban J connectivity index is 1.42. The molecule has 1 aliphatic heterocycles. The number of anilines is 1. The van der Waals surface area contributed by atoms with Crippen molar-refractivity contribution in [1.82, 2.24) is 4.90 Å². The minimum Gasteiger partial charge on any atom is -0.493 e. The molecule has 0 spiro atoms. The van der Waals surface area contributed by atoms with Crippen LogP contribution in [0.1, 0.15) is 50.5 Å². The van der Waals surface area contributed by atoms with Crippen LogP contribution in [0.2, 0.25) is 0 Å². The molecule has 0 saturated heterocycles. The Kier molecular flexibility index (Phi) is 9.17. The zero-order valence-corrected chi connectivity index (χ0v) is 21.4. The van der Waals surface area contributed by atoms with Gasteiger partial charge in [-0.05, 0) is 61.3 Å². The van der Waals surface area contributed by atoms with Crippen LogP contribution in [-0.4, -0.2) is 56.5 Å². The van der Waals surface area contributed by atoms with Crippen molar-refractivity contribution in [3.8, 4) is 11.5 Å². The number of hydrogen-bond donors (Lipinski definition) is 0. The van der Waals surface area contributed by atoms with E-state index in [1.807, 2.05) is 28.8 Å². The van der Waals surface area contributed by atoms with Gasteiger partial charge >= 0.3 is 0 Å². The molecule has 1 heterocycles. The van der Waals surface area contributed by atoms with Crippen LogP contribution in [0.5, 0.6) is 11.5 Å². The molecule has 0 atom stereocenters. The lowest BCUT2D eigenvalue weighted by Crippen LogP contribution is -2.41. The van der Waals surface area contributed by atoms with Crippen LogP contribution in [0.3, 0.4) is 0 Å². The second-order valence-electron chi connectivity index (χ2n) is 9.23. The number of amides is 1. The molecule has 0 N–H and O–H groups in total. The Hall–Kier alpha value is -2.18. The summed E-state index contributed by atoms with van der Waals surface area (Å²) in [7, 11) is 3.35. The van der Waals surface area contributed by atoms with Gasteiger partial charge in [0.2, 0.25) is 5.91 Å². The summed E-state index contributed by atoms with van der Waals surface area (Å²) in [6.07, 6.45) is 8.95. The highest BCUT2D eigenvalue weighted by molar-refractivity contribution is 7.99. The molecule has 1 fully saturated rings. The summed E-state index contributed by atoms with van der Waals surface area (Å²) >= 11 is 1.87. The first-order valence-electron chi connectivity index (χ1n) is 12.7. The van der Waals surface area contributed by atoms with Crippen molar-refractivity contribution in [1.29, 1.82) is 0 Å². The summed E-state index contributed by atoms with van der Waals surface area (Å²) in [5.74, 6) is 2.86. The van der Waals surface area contributed by atoms with Crippen molar-refractivity contribution in [3.05, 3.63) is 48.0 Å². The highest BCUT2D eigenvalue weighted by Crippen LogP contribution is 2.34. The quantitative estimate of drug-likeness (QED) is 0.452. The Morgan fingerprint density at radius 3 is 2.59 bits per heavy atom. The number of hydrogen-bond acceptors (Lipinski definition) is 5. The first kappa shape index (κ1) is 24.9. The number of carbonyl (C=O) groups is 1. The molecule has 1 saturated carbocycles. The van der Waals surface area contributed by atoms with E-state index >= 15 is 0 Å². The van der Waals surface area contributed by atoms with Crippen molar-refractivity contribution < 1.29 is 14.3 Å². The van der Waals surface area contributed by atoms with Gasteiger partial charge in [0.1, 0.15) is 0 Å². The SMILES string of the molecule is COc1ccc(CCN(CCC(=O)N2CCCSc3ccccc32)C2CCCCC2)cc1OC. The van der Waals surface area contributed by atoms with Crippen molar-refractivity contribution in [3.63, 3.8) is 0 Å². The van der Waals surface area contributed by atoms with Gasteiger partial charge < -0.3 is 14.4 Å². The Morgan fingerprint density at radius 2 is 1.79 bits per heavy atom. The van der Waals surface area contributed by atoms with Gasteiger partial charge in [-0.2, -0.15) is 0 Å². The van der Waals surface area contributed by atoms with Gasteiger partial charge in [0.25, 0.3) is 0 Å². The Labute approximate surface area is 208 Å². The molecular weight excluding hydrogens is 444 g/mol. The zero-order chi connectivity index (χ0) is 23.8. The number of rotatable bonds is 9. The largest absolute Gasteiger partial charge is 0.493 e. The van der Waals surface area contributed by atoms with E-state index in [4.69, 9.17) is 9.47 Å². The van der Waals surface area contributed by atoms with Gasteiger partial charge in [0.05, 0.1) is 19.9 Å². The maximum atomic E-state index is 13.4. The van der Waals surface area contributed by atoms with Crippen molar-refractivity contribution in [2.75, 3.05) is 44.5 Å². The molecule has 2 aromatic rings. The average molecular weight is 483 g/mol. The number of ether oxygens (including phenoxy) is 2. The van der Waals surface area contributed by atoms with E-state index in [1.165, 1.54) is 42.6 Å². The molecule has 1 aliphatic carbocycles. The van der Waals surface area contributed by atoms with Crippen LogP contribution in [0.15, 0.2) is 47.4 Å². The fraction of sp³-hybridized carbons (Fsp3) is 0.536. The average Bonchev–Trinajstić information content (AvgIpc) is 3.11. The van der Waals surface area contributed by atoms with E-state index in [1.54, 1.807) is 14.2 Å². The molecule has 2 aromatic carbocycles. The van der Waals surface area contributed by atoms with Crippen LogP contribution in [0, 0.1) is 0 Å². The number of fused-ring (bicyclic) bond motifs is 1. The smallest absolute Gasteiger partial charge is 0.228 e. The summed E-state index contributed by atoms with van der Waals surface area (Å²) in [5.41, 5.74) is 2.33. The monoisotopic (exact) mass is 482 g/mol. The molecule has 184 valence electrons. The predicted octanol–water partition coefficient (Wildman–Crippen LogP) is 5.80. The van der Waals surface area contributed by atoms with E-state index < -0.39 is 0 Å². The van der Waals surface area contributed by atoms with Crippen LogP contribution in [0.25, 0.3) is 0 Å². The van der Waals surface area contributed by atoms with Crippen LogP contribution in [-0.2, 0) is 11.2 Å². The van der Waals surface area contributed by atoms with Crippen LogP contribution >= 0.6 is 11.8 Å². The predicted molar refractivity (Wildman–Crippen MR) is 140 cm³/mol. The Morgan fingerprint density at radius 1 is 1.00 bits per heavy atom. The van der Waals surface area contributed by atoms with Gasteiger partial charge in [-0.25, -0.2) is 0 Å². The minimum absolute atomic E-state index is 0.252. The number of carbonyl (C=O) groups excluding carboxylic acids is 1. The molecule has 0 unspecified atom stereocenters. The summed E-state index contributed by atoms with van der Waals surface area (Å²) in [6, 6.07) is 15.1. The summed E-state index contributed by atoms with van der Waals surface area (Å²) in [4.78, 5) is 19.2. The molecule has 2 aliphatic rings. The van der Waals surface area contributed by atoms with Gasteiger partial charge in [0, 0.05) is 37.0 Å². The number of nitrogens with zero attached hydrogens (tertiary/aromatic N) is 2. The number of para-hydroxylation sites is 1. The normalized spacial score (nSPS) is 16.7. The van der Waals surface area contributed by atoms with Gasteiger partial charge in [-0.15, -0.1) is 11.8 Å². The number of benzene rings is 2. The fourth-order valence-corrected chi connectivity index (χ4v) is 6.19. The van der Waals surface area contributed by atoms with Gasteiger partial charge in [0.15, 0.2) is 11.5 Å². The van der Waals surface area contributed by atoms with E-state index in [2.05, 4.69) is 35.2 Å². The lowest BCUT2D eigenvalue weighted by atomic mass is 9.93. The van der Waals surface area contributed by atoms with E-state index in [0.717, 1.165) is 55.4 Å². The highest BCUT2D eigenvalue weighted by Gasteiger charge is 2.25. The third-order valence-electron chi connectivity index (χ3n) is 7.08. The summed E-state index contributed by atoms with van der Waals surface area (Å²) in [6.45, 7) is 2.60. The third-order valence-corrected chi connectivity index (χ3v) is 8.23. The zero-order valence-electron chi connectivity index (χ0n) is 20.6. The lowest BCUT2D eigenvalue weighted by molar-refractivity contribution is -0.119. The van der Waals surface area contributed by atoms with Crippen LogP contribution in [0.4, 0.5) is 5.69 Å². The first-order chi connectivity index (χ1) is 16.7. The first-order valence-corrected chi connectivity index (χ1v) is 13.7. The topological polar surface area (TPSA) is 42.0 Å². The van der Waals surface area contributed by atoms with Crippen molar-refractivity contribution in [2.45, 2.75) is 62.3 Å². The fourth-order valence-electron chi connectivity index (χ4n) is 5.19. The second kappa shape index (κ2) is 12.5.